The highest BCUT2D eigenvalue weighted by atomic mass is 35.5. The number of benzene rings is 2. The van der Waals surface area contributed by atoms with E-state index in [2.05, 4.69) is 6.58 Å². The van der Waals surface area contributed by atoms with Crippen LogP contribution < -0.4 is 4.74 Å². The van der Waals surface area contributed by atoms with Gasteiger partial charge in [-0.1, -0.05) is 23.7 Å². The van der Waals surface area contributed by atoms with Crippen LogP contribution in [0.1, 0.15) is 11.3 Å². The third kappa shape index (κ3) is 7.88. The zero-order chi connectivity index (χ0) is 25.2. The van der Waals surface area contributed by atoms with E-state index in [-0.39, 0.29) is 6.61 Å². The molecule has 0 saturated carbocycles. The molecule has 188 valence electrons. The highest BCUT2D eigenvalue weighted by molar-refractivity contribution is 6.30. The number of rotatable bonds is 14. The van der Waals surface area contributed by atoms with Crippen molar-refractivity contribution in [3.05, 3.63) is 83.3 Å². The van der Waals surface area contributed by atoms with Crippen molar-refractivity contribution in [3.63, 3.8) is 0 Å². The zero-order valence-corrected chi connectivity index (χ0v) is 20.7. The van der Waals surface area contributed by atoms with Gasteiger partial charge in [-0.05, 0) is 43.3 Å². The van der Waals surface area contributed by atoms with Crippen LogP contribution in [0.5, 0.6) is 11.6 Å². The van der Waals surface area contributed by atoms with Crippen LogP contribution in [0.15, 0.2) is 61.2 Å². The van der Waals surface area contributed by atoms with Crippen LogP contribution in [-0.2, 0) is 16.0 Å². The number of aryl methyl sites for hydroxylation is 1. The van der Waals surface area contributed by atoms with E-state index in [4.69, 9.17) is 30.9 Å². The van der Waals surface area contributed by atoms with E-state index in [0.29, 0.717) is 49.5 Å². The fourth-order valence-corrected chi connectivity index (χ4v) is 3.67. The molecular formula is C26H31ClFN3O4. The van der Waals surface area contributed by atoms with Gasteiger partial charge in [0.15, 0.2) is 0 Å². The Morgan fingerprint density at radius 3 is 2.71 bits per heavy atom. The van der Waals surface area contributed by atoms with E-state index >= 15 is 0 Å². The summed E-state index contributed by atoms with van der Waals surface area (Å²) in [6.07, 6.45) is 0.936. The Labute approximate surface area is 210 Å². The first-order chi connectivity index (χ1) is 16.9. The summed E-state index contributed by atoms with van der Waals surface area (Å²) in [5.74, 6) is 0.403. The second-order valence-electron chi connectivity index (χ2n) is 8.02. The van der Waals surface area contributed by atoms with Crippen LogP contribution in [0.25, 0.3) is 5.69 Å². The van der Waals surface area contributed by atoms with E-state index in [1.807, 2.05) is 24.0 Å². The average Bonchev–Trinajstić information content (AvgIpc) is 3.13. The molecule has 0 aliphatic rings. The highest BCUT2D eigenvalue weighted by Gasteiger charge is 2.23. The molecule has 0 fully saturated rings. The molecule has 0 radical (unpaired) electrons. The minimum absolute atomic E-state index is 0.186. The molecular weight excluding hydrogens is 473 g/mol. The Bertz CT molecular complexity index is 1090. The van der Waals surface area contributed by atoms with Gasteiger partial charge in [-0.2, -0.15) is 5.10 Å². The van der Waals surface area contributed by atoms with Gasteiger partial charge in [-0.25, -0.2) is 9.07 Å². The molecule has 1 N–H and O–H groups in total. The number of aliphatic hydroxyl groups is 1. The normalized spacial score (nSPS) is 12.2. The van der Waals surface area contributed by atoms with Crippen LogP contribution in [0, 0.1) is 12.7 Å². The highest BCUT2D eigenvalue weighted by Crippen LogP contribution is 2.32. The van der Waals surface area contributed by atoms with Crippen molar-refractivity contribution in [2.75, 3.05) is 40.0 Å². The van der Waals surface area contributed by atoms with E-state index < -0.39 is 11.9 Å². The Kier molecular flexibility index (Phi) is 10.3. The van der Waals surface area contributed by atoms with Gasteiger partial charge in [-0.3, -0.25) is 4.90 Å². The first-order valence-electron chi connectivity index (χ1n) is 11.3. The van der Waals surface area contributed by atoms with Gasteiger partial charge < -0.3 is 19.3 Å². The van der Waals surface area contributed by atoms with Crippen molar-refractivity contribution >= 4 is 11.6 Å². The fraction of sp³-hybridized carbons (Fsp3) is 0.346. The SMILES string of the molecule is C=CCOC[C@@H](O)CN(CCOC)Cc1c(C)nn(-c2ccc(Cl)cc2)c1Oc1cccc(F)c1. The van der Waals surface area contributed by atoms with E-state index in [1.54, 1.807) is 42.1 Å². The molecule has 3 aromatic rings. The zero-order valence-electron chi connectivity index (χ0n) is 20.0. The molecule has 1 aromatic heterocycles. The summed E-state index contributed by atoms with van der Waals surface area (Å²) in [5.41, 5.74) is 2.29. The summed E-state index contributed by atoms with van der Waals surface area (Å²) >= 11 is 6.07. The van der Waals surface area contributed by atoms with Crippen molar-refractivity contribution in [1.29, 1.82) is 0 Å². The van der Waals surface area contributed by atoms with Crippen LogP contribution in [0.2, 0.25) is 5.02 Å². The molecule has 0 spiro atoms. The minimum atomic E-state index is -0.703. The van der Waals surface area contributed by atoms with Gasteiger partial charge in [-0.15, -0.1) is 6.58 Å². The molecule has 0 aliphatic carbocycles. The predicted octanol–water partition coefficient (Wildman–Crippen LogP) is 4.78. The molecule has 3 rings (SSSR count). The van der Waals surface area contributed by atoms with Gasteiger partial charge in [0, 0.05) is 37.8 Å². The number of nitrogens with zero attached hydrogens (tertiary/aromatic N) is 3. The number of halogens is 2. The quantitative estimate of drug-likeness (QED) is 0.252. The van der Waals surface area contributed by atoms with Crippen molar-refractivity contribution in [1.82, 2.24) is 14.7 Å². The second-order valence-corrected chi connectivity index (χ2v) is 8.46. The summed E-state index contributed by atoms with van der Waals surface area (Å²) in [7, 11) is 1.63. The summed E-state index contributed by atoms with van der Waals surface area (Å²) < 4.78 is 32.4. The Balaban J connectivity index is 1.94. The van der Waals surface area contributed by atoms with Gasteiger partial charge in [0.1, 0.15) is 11.6 Å². The Morgan fingerprint density at radius 2 is 2.03 bits per heavy atom. The summed E-state index contributed by atoms with van der Waals surface area (Å²) in [4.78, 5) is 2.04. The Morgan fingerprint density at radius 1 is 1.26 bits per heavy atom. The molecule has 0 amide bonds. The van der Waals surface area contributed by atoms with Gasteiger partial charge >= 0.3 is 0 Å². The van der Waals surface area contributed by atoms with Crippen molar-refractivity contribution in [3.8, 4) is 17.3 Å². The smallest absolute Gasteiger partial charge is 0.227 e. The first-order valence-corrected chi connectivity index (χ1v) is 11.6. The lowest BCUT2D eigenvalue weighted by Gasteiger charge is -2.25. The van der Waals surface area contributed by atoms with Crippen LogP contribution in [0.4, 0.5) is 4.39 Å². The van der Waals surface area contributed by atoms with Crippen LogP contribution in [0.3, 0.4) is 0 Å². The lowest BCUT2D eigenvalue weighted by molar-refractivity contribution is 0.0192. The molecule has 0 unspecified atom stereocenters. The monoisotopic (exact) mass is 503 g/mol. The molecule has 0 aliphatic heterocycles. The van der Waals surface area contributed by atoms with Crippen molar-refractivity contribution in [2.45, 2.75) is 19.6 Å². The number of hydrogen-bond donors (Lipinski definition) is 1. The maximum absolute atomic E-state index is 13.9. The topological polar surface area (TPSA) is 69.0 Å². The summed E-state index contributed by atoms with van der Waals surface area (Å²) in [6.45, 7) is 7.88. The molecule has 2 aromatic carbocycles. The summed E-state index contributed by atoms with van der Waals surface area (Å²) in [6, 6.07) is 13.2. The fourth-order valence-electron chi connectivity index (χ4n) is 3.54. The van der Waals surface area contributed by atoms with Crippen molar-refractivity contribution in [2.24, 2.45) is 0 Å². The molecule has 7 nitrogen and oxygen atoms in total. The second kappa shape index (κ2) is 13.4. The van der Waals surface area contributed by atoms with Gasteiger partial charge in [0.25, 0.3) is 0 Å². The van der Waals surface area contributed by atoms with Gasteiger partial charge in [0.2, 0.25) is 5.88 Å². The predicted molar refractivity (Wildman–Crippen MR) is 134 cm³/mol. The molecule has 0 bridgehead atoms. The third-order valence-electron chi connectivity index (χ3n) is 5.23. The first kappa shape index (κ1) is 26.8. The average molecular weight is 504 g/mol. The molecule has 9 heteroatoms. The number of methoxy groups -OCH3 is 1. The largest absolute Gasteiger partial charge is 0.438 e. The maximum Gasteiger partial charge on any atom is 0.227 e. The number of hydrogen-bond acceptors (Lipinski definition) is 6. The lowest BCUT2D eigenvalue weighted by atomic mass is 10.2. The van der Waals surface area contributed by atoms with E-state index in [9.17, 15) is 9.50 Å². The minimum Gasteiger partial charge on any atom is -0.438 e. The molecule has 35 heavy (non-hydrogen) atoms. The van der Waals surface area contributed by atoms with Crippen molar-refractivity contribution < 1.29 is 23.7 Å². The van der Waals surface area contributed by atoms with Crippen LogP contribution >= 0.6 is 11.6 Å². The lowest BCUT2D eigenvalue weighted by Crippen LogP contribution is -2.36. The standard InChI is InChI=1S/C26H31ClFN3O4/c1-4-13-34-18-23(32)16-30(12-14-33-3)17-25-19(2)29-31(22-10-8-20(27)9-11-22)26(25)35-24-7-5-6-21(28)15-24/h4-11,15,23,32H,1,12-14,16-18H2,2-3H3/t23-/m0/s1. The Hall–Kier alpha value is -2.75. The van der Waals surface area contributed by atoms with Gasteiger partial charge in [0.05, 0.1) is 42.9 Å². The van der Waals surface area contributed by atoms with E-state index in [1.165, 1.54) is 12.1 Å². The van der Waals surface area contributed by atoms with E-state index in [0.717, 1.165) is 16.9 Å². The summed E-state index contributed by atoms with van der Waals surface area (Å²) in [5, 5.41) is 15.8. The number of aliphatic hydroxyl groups excluding tert-OH is 1. The third-order valence-corrected chi connectivity index (χ3v) is 5.48. The van der Waals surface area contributed by atoms with Crippen LogP contribution in [-0.4, -0.2) is 65.9 Å². The maximum atomic E-state index is 13.9. The molecule has 0 saturated heterocycles. The molecule has 1 atom stereocenters. The molecule has 1 heterocycles. The number of ether oxygens (including phenoxy) is 3. The number of aromatic nitrogens is 2.